The lowest BCUT2D eigenvalue weighted by molar-refractivity contribution is -0.125. The number of hydrogen-bond donors (Lipinski definition) is 1. The maximum atomic E-state index is 12.8. The van der Waals surface area contributed by atoms with E-state index in [-0.39, 0.29) is 10.8 Å². The summed E-state index contributed by atoms with van der Waals surface area (Å²) in [5, 5.41) is 3.19. The molecular weight excluding hydrogens is 340 g/mol. The zero-order valence-corrected chi connectivity index (χ0v) is 14.6. The van der Waals surface area contributed by atoms with Crippen molar-refractivity contribution in [3.8, 4) is 0 Å². The molecule has 2 rings (SSSR count). The zero-order valence-electron chi connectivity index (χ0n) is 13.0. The first-order valence-corrected chi connectivity index (χ1v) is 9.32. The molecule has 0 aromatic heterocycles. The third-order valence-corrected chi connectivity index (χ3v) is 5.96. The Morgan fingerprint density at radius 3 is 2.70 bits per heavy atom. The topological polar surface area (TPSA) is 75.7 Å². The van der Waals surface area contributed by atoms with Crippen molar-refractivity contribution in [3.05, 3.63) is 29.3 Å². The maximum absolute atomic E-state index is 12.8. The first kappa shape index (κ1) is 18.2. The molecule has 6 nitrogen and oxygen atoms in total. The highest BCUT2D eigenvalue weighted by molar-refractivity contribution is 7.89. The average Bonchev–Trinajstić information content (AvgIpc) is 2.55. The number of ether oxygens (including phenoxy) is 1. The Hall–Kier alpha value is -1.15. The standard InChI is InChI=1S/C15H21ClN2O4S/c1-22-11-9-17-15(19)14-4-2-3-10-18(14)23(20,21)13-7-5-12(16)6-8-13/h5-8,14H,2-4,9-11H2,1H3,(H,17,19)/t14-/m1/s1. The Morgan fingerprint density at radius 1 is 1.35 bits per heavy atom. The molecule has 128 valence electrons. The third-order valence-electron chi connectivity index (χ3n) is 3.78. The van der Waals surface area contributed by atoms with Crippen molar-refractivity contribution in [2.24, 2.45) is 0 Å². The second kappa shape index (κ2) is 8.10. The Balaban J connectivity index is 2.19. The van der Waals surface area contributed by atoms with Gasteiger partial charge in [-0.05, 0) is 37.1 Å². The van der Waals surface area contributed by atoms with Crippen molar-refractivity contribution in [1.82, 2.24) is 9.62 Å². The Kier molecular flexibility index (Phi) is 6.41. The van der Waals surface area contributed by atoms with E-state index >= 15 is 0 Å². The molecule has 1 aliphatic heterocycles. The highest BCUT2D eigenvalue weighted by Gasteiger charge is 2.37. The Bertz CT molecular complexity index is 633. The number of methoxy groups -OCH3 is 1. The molecule has 0 radical (unpaired) electrons. The fourth-order valence-corrected chi connectivity index (χ4v) is 4.37. The summed E-state index contributed by atoms with van der Waals surface area (Å²) in [6.07, 6.45) is 2.09. The van der Waals surface area contributed by atoms with Crippen LogP contribution in [0.3, 0.4) is 0 Å². The van der Waals surface area contributed by atoms with Crippen LogP contribution in [0.5, 0.6) is 0 Å². The lowest BCUT2D eigenvalue weighted by atomic mass is 10.0. The van der Waals surface area contributed by atoms with Gasteiger partial charge in [0.15, 0.2) is 0 Å². The smallest absolute Gasteiger partial charge is 0.243 e. The van der Waals surface area contributed by atoms with Crippen LogP contribution in [0.15, 0.2) is 29.2 Å². The largest absolute Gasteiger partial charge is 0.383 e. The number of carbonyl (C=O) groups excluding carboxylic acids is 1. The van der Waals surface area contributed by atoms with Crippen molar-refractivity contribution >= 4 is 27.5 Å². The number of amides is 1. The van der Waals surface area contributed by atoms with Gasteiger partial charge in [0.05, 0.1) is 11.5 Å². The fraction of sp³-hybridized carbons (Fsp3) is 0.533. The highest BCUT2D eigenvalue weighted by Crippen LogP contribution is 2.26. The van der Waals surface area contributed by atoms with Crippen LogP contribution in [-0.2, 0) is 19.6 Å². The molecular formula is C15H21ClN2O4S. The molecule has 1 aromatic carbocycles. The normalized spacial score (nSPS) is 19.5. The minimum absolute atomic E-state index is 0.151. The lowest BCUT2D eigenvalue weighted by Crippen LogP contribution is -2.52. The van der Waals surface area contributed by atoms with Crippen LogP contribution in [-0.4, -0.2) is 51.5 Å². The molecule has 1 aromatic rings. The van der Waals surface area contributed by atoms with E-state index in [0.717, 1.165) is 12.8 Å². The van der Waals surface area contributed by atoms with Crippen LogP contribution < -0.4 is 5.32 Å². The van der Waals surface area contributed by atoms with Crippen molar-refractivity contribution in [3.63, 3.8) is 0 Å². The fourth-order valence-electron chi connectivity index (χ4n) is 2.59. The van der Waals surface area contributed by atoms with Gasteiger partial charge in [-0.15, -0.1) is 0 Å². The van der Waals surface area contributed by atoms with Crippen LogP contribution in [0.1, 0.15) is 19.3 Å². The van der Waals surface area contributed by atoms with Gasteiger partial charge in [-0.3, -0.25) is 4.79 Å². The SMILES string of the molecule is COCCNC(=O)[C@H]1CCCCN1S(=O)(=O)c1ccc(Cl)cc1. The van der Waals surface area contributed by atoms with Gasteiger partial charge in [0.25, 0.3) is 0 Å². The second-order valence-electron chi connectivity index (χ2n) is 5.37. The minimum Gasteiger partial charge on any atom is -0.383 e. The number of hydrogen-bond acceptors (Lipinski definition) is 4. The molecule has 1 atom stereocenters. The van der Waals surface area contributed by atoms with Gasteiger partial charge < -0.3 is 10.1 Å². The number of nitrogens with one attached hydrogen (secondary N) is 1. The van der Waals surface area contributed by atoms with Crippen LogP contribution in [0, 0.1) is 0 Å². The Morgan fingerprint density at radius 2 is 2.04 bits per heavy atom. The molecule has 1 aliphatic rings. The summed E-state index contributed by atoms with van der Waals surface area (Å²) >= 11 is 5.81. The van der Waals surface area contributed by atoms with E-state index in [4.69, 9.17) is 16.3 Å². The van der Waals surface area contributed by atoms with Gasteiger partial charge in [0, 0.05) is 25.2 Å². The maximum Gasteiger partial charge on any atom is 0.243 e. The number of rotatable bonds is 6. The Labute approximate surface area is 141 Å². The van der Waals surface area contributed by atoms with Gasteiger partial charge in [0.1, 0.15) is 6.04 Å². The first-order valence-electron chi connectivity index (χ1n) is 7.51. The van der Waals surface area contributed by atoms with Gasteiger partial charge >= 0.3 is 0 Å². The second-order valence-corrected chi connectivity index (χ2v) is 7.69. The van der Waals surface area contributed by atoms with E-state index in [2.05, 4.69) is 5.32 Å². The van der Waals surface area contributed by atoms with Gasteiger partial charge in [-0.1, -0.05) is 18.0 Å². The van der Waals surface area contributed by atoms with Crippen LogP contribution in [0.2, 0.25) is 5.02 Å². The summed E-state index contributed by atoms with van der Waals surface area (Å²) in [6.45, 7) is 1.09. The number of benzene rings is 1. The zero-order chi connectivity index (χ0) is 16.9. The van der Waals surface area contributed by atoms with E-state index in [1.807, 2.05) is 0 Å². The van der Waals surface area contributed by atoms with E-state index in [9.17, 15) is 13.2 Å². The quantitative estimate of drug-likeness (QED) is 0.782. The molecule has 1 fully saturated rings. The summed E-state index contributed by atoms with van der Waals surface area (Å²) in [5.74, 6) is -0.278. The molecule has 1 heterocycles. The molecule has 23 heavy (non-hydrogen) atoms. The molecule has 0 saturated carbocycles. The van der Waals surface area contributed by atoms with Gasteiger partial charge in [0.2, 0.25) is 15.9 Å². The first-order chi connectivity index (χ1) is 11.0. The number of carbonyl (C=O) groups is 1. The van der Waals surface area contributed by atoms with Crippen molar-refractivity contribution in [2.45, 2.75) is 30.2 Å². The molecule has 0 aliphatic carbocycles. The van der Waals surface area contributed by atoms with Crippen molar-refractivity contribution < 1.29 is 17.9 Å². The monoisotopic (exact) mass is 360 g/mol. The van der Waals surface area contributed by atoms with Crippen molar-refractivity contribution in [2.75, 3.05) is 26.8 Å². The van der Waals surface area contributed by atoms with Crippen LogP contribution >= 0.6 is 11.6 Å². The van der Waals surface area contributed by atoms with E-state index in [1.165, 1.54) is 28.6 Å². The molecule has 0 spiro atoms. The van der Waals surface area contributed by atoms with Crippen LogP contribution in [0.4, 0.5) is 0 Å². The molecule has 0 unspecified atom stereocenters. The predicted octanol–water partition coefficient (Wildman–Crippen LogP) is 1.65. The van der Waals surface area contributed by atoms with Crippen molar-refractivity contribution in [1.29, 1.82) is 0 Å². The lowest BCUT2D eigenvalue weighted by Gasteiger charge is -2.33. The molecule has 1 saturated heterocycles. The summed E-state index contributed by atoms with van der Waals surface area (Å²) < 4.78 is 31.8. The van der Waals surface area contributed by atoms with Crippen LogP contribution in [0.25, 0.3) is 0 Å². The molecule has 8 heteroatoms. The summed E-state index contributed by atoms with van der Waals surface area (Å²) in [5.41, 5.74) is 0. The minimum atomic E-state index is -3.72. The molecule has 1 N–H and O–H groups in total. The summed E-state index contributed by atoms with van der Waals surface area (Å²) in [7, 11) is -2.18. The number of sulfonamides is 1. The highest BCUT2D eigenvalue weighted by atomic mass is 35.5. The molecule has 1 amide bonds. The van der Waals surface area contributed by atoms with Gasteiger partial charge in [-0.25, -0.2) is 8.42 Å². The average molecular weight is 361 g/mol. The van der Waals surface area contributed by atoms with E-state index < -0.39 is 16.1 Å². The van der Waals surface area contributed by atoms with Gasteiger partial charge in [-0.2, -0.15) is 4.31 Å². The third kappa shape index (κ3) is 4.44. The number of nitrogens with zero attached hydrogens (tertiary/aromatic N) is 1. The number of halogens is 1. The van der Waals surface area contributed by atoms with E-state index in [1.54, 1.807) is 7.11 Å². The summed E-state index contributed by atoms with van der Waals surface area (Å²) in [6, 6.07) is 5.32. The number of piperidine rings is 1. The summed E-state index contributed by atoms with van der Waals surface area (Å²) in [4.78, 5) is 12.5. The predicted molar refractivity (Wildman–Crippen MR) is 87.9 cm³/mol. The van der Waals surface area contributed by atoms with E-state index in [0.29, 0.717) is 31.1 Å². The molecule has 0 bridgehead atoms.